The molecule has 1 heterocycles. The fourth-order valence-corrected chi connectivity index (χ4v) is 1.95. The van der Waals surface area contributed by atoms with Crippen molar-refractivity contribution >= 4 is 16.8 Å². The van der Waals surface area contributed by atoms with E-state index in [1.807, 2.05) is 6.92 Å². The lowest BCUT2D eigenvalue weighted by molar-refractivity contribution is 0.0942. The van der Waals surface area contributed by atoms with Crippen LogP contribution in [0.1, 0.15) is 23.0 Å². The van der Waals surface area contributed by atoms with Crippen LogP contribution in [0.25, 0.3) is 10.9 Å². The molecule has 4 N–H and O–H groups in total. The van der Waals surface area contributed by atoms with Gasteiger partial charge in [-0.15, -0.1) is 0 Å². The highest BCUT2D eigenvalue weighted by molar-refractivity contribution is 6.08. The highest BCUT2D eigenvalue weighted by Gasteiger charge is 2.17. The summed E-state index contributed by atoms with van der Waals surface area (Å²) in [6.07, 6.45) is 0. The van der Waals surface area contributed by atoms with Crippen LogP contribution >= 0.6 is 0 Å². The molecule has 0 radical (unpaired) electrons. The first-order valence-electron chi connectivity index (χ1n) is 5.81. The molecule has 1 aromatic heterocycles. The first kappa shape index (κ1) is 12.6. The van der Waals surface area contributed by atoms with E-state index in [2.05, 4.69) is 10.3 Å². The Kier molecular flexibility index (Phi) is 3.34. The van der Waals surface area contributed by atoms with Crippen LogP contribution in [-0.2, 0) is 0 Å². The molecule has 2 rings (SSSR count). The number of fused-ring (bicyclic) bond motifs is 1. The largest absolute Gasteiger partial charge is 0.358 e. The second-order valence-electron chi connectivity index (χ2n) is 4.43. The normalized spacial score (nSPS) is 12.7. The van der Waals surface area contributed by atoms with Crippen LogP contribution in [0.5, 0.6) is 0 Å². The standard InChI is InChI=1S/C13H16FN3O/c1-7(6-15)16-13(18)12-8(2)17-11-4-3-9(14)5-10(11)12/h3-5,7,17H,6,15H2,1-2H3,(H,16,18). The quantitative estimate of drug-likeness (QED) is 0.774. The monoisotopic (exact) mass is 249 g/mol. The second kappa shape index (κ2) is 4.78. The van der Waals surface area contributed by atoms with Gasteiger partial charge in [0.05, 0.1) is 5.56 Å². The van der Waals surface area contributed by atoms with E-state index in [-0.39, 0.29) is 17.8 Å². The molecule has 0 aliphatic heterocycles. The molecule has 0 bridgehead atoms. The van der Waals surface area contributed by atoms with Crippen molar-refractivity contribution in [2.24, 2.45) is 5.73 Å². The Morgan fingerprint density at radius 1 is 1.56 bits per heavy atom. The van der Waals surface area contributed by atoms with E-state index in [1.165, 1.54) is 12.1 Å². The van der Waals surface area contributed by atoms with Crippen molar-refractivity contribution in [1.82, 2.24) is 10.3 Å². The Morgan fingerprint density at radius 2 is 2.28 bits per heavy atom. The molecular formula is C13H16FN3O. The van der Waals surface area contributed by atoms with Crippen LogP contribution in [0.15, 0.2) is 18.2 Å². The molecule has 18 heavy (non-hydrogen) atoms. The zero-order valence-electron chi connectivity index (χ0n) is 10.4. The second-order valence-corrected chi connectivity index (χ2v) is 4.43. The van der Waals surface area contributed by atoms with E-state index in [4.69, 9.17) is 5.73 Å². The Bertz CT molecular complexity index is 591. The van der Waals surface area contributed by atoms with Gasteiger partial charge in [0.1, 0.15) is 5.82 Å². The van der Waals surface area contributed by atoms with Crippen molar-refractivity contribution in [1.29, 1.82) is 0 Å². The average molecular weight is 249 g/mol. The molecule has 1 amide bonds. The number of hydrogen-bond donors (Lipinski definition) is 3. The number of carbonyl (C=O) groups excluding carboxylic acids is 1. The zero-order valence-corrected chi connectivity index (χ0v) is 10.4. The molecule has 1 unspecified atom stereocenters. The first-order chi connectivity index (χ1) is 8.52. The van der Waals surface area contributed by atoms with Gasteiger partial charge >= 0.3 is 0 Å². The summed E-state index contributed by atoms with van der Waals surface area (Å²) < 4.78 is 13.3. The van der Waals surface area contributed by atoms with Crippen molar-refractivity contribution in [3.63, 3.8) is 0 Å². The fourth-order valence-electron chi connectivity index (χ4n) is 1.95. The van der Waals surface area contributed by atoms with Crippen LogP contribution in [0.2, 0.25) is 0 Å². The number of rotatable bonds is 3. The number of aromatic nitrogens is 1. The smallest absolute Gasteiger partial charge is 0.253 e. The number of benzene rings is 1. The molecule has 1 aromatic carbocycles. The topological polar surface area (TPSA) is 70.9 Å². The summed E-state index contributed by atoms with van der Waals surface area (Å²) in [4.78, 5) is 15.2. The highest BCUT2D eigenvalue weighted by atomic mass is 19.1. The number of H-pyrrole nitrogens is 1. The molecule has 0 spiro atoms. The molecular weight excluding hydrogens is 233 g/mol. The van der Waals surface area contributed by atoms with Crippen molar-refractivity contribution < 1.29 is 9.18 Å². The van der Waals surface area contributed by atoms with Crippen molar-refractivity contribution in [3.8, 4) is 0 Å². The molecule has 0 aliphatic carbocycles. The predicted octanol–water partition coefficient (Wildman–Crippen LogP) is 1.69. The number of hydrogen-bond acceptors (Lipinski definition) is 2. The third-order valence-corrected chi connectivity index (χ3v) is 2.91. The minimum atomic E-state index is -0.359. The summed E-state index contributed by atoms with van der Waals surface area (Å²) in [6, 6.07) is 4.24. The number of amides is 1. The maximum atomic E-state index is 13.3. The third-order valence-electron chi connectivity index (χ3n) is 2.91. The fraction of sp³-hybridized carbons (Fsp3) is 0.308. The molecule has 96 valence electrons. The third kappa shape index (κ3) is 2.22. The van der Waals surface area contributed by atoms with Crippen LogP contribution in [0.3, 0.4) is 0 Å². The minimum Gasteiger partial charge on any atom is -0.358 e. The van der Waals surface area contributed by atoms with E-state index >= 15 is 0 Å². The Hall–Kier alpha value is -1.88. The van der Waals surface area contributed by atoms with Crippen molar-refractivity contribution in [3.05, 3.63) is 35.3 Å². The highest BCUT2D eigenvalue weighted by Crippen LogP contribution is 2.23. The summed E-state index contributed by atoms with van der Waals surface area (Å²) in [5, 5.41) is 3.37. The van der Waals surface area contributed by atoms with Gasteiger partial charge < -0.3 is 16.0 Å². The van der Waals surface area contributed by atoms with Gasteiger partial charge in [-0.25, -0.2) is 4.39 Å². The summed E-state index contributed by atoms with van der Waals surface area (Å²) in [5.41, 5.74) is 7.41. The number of aromatic amines is 1. The number of halogens is 1. The Morgan fingerprint density at radius 3 is 2.94 bits per heavy atom. The predicted molar refractivity (Wildman–Crippen MR) is 69.0 cm³/mol. The van der Waals surface area contributed by atoms with E-state index in [9.17, 15) is 9.18 Å². The average Bonchev–Trinajstić information content (AvgIpc) is 2.64. The molecule has 1 atom stereocenters. The van der Waals surface area contributed by atoms with Gasteiger partial charge in [-0.1, -0.05) is 0 Å². The van der Waals surface area contributed by atoms with Gasteiger partial charge in [-0.05, 0) is 32.0 Å². The molecule has 0 saturated heterocycles. The first-order valence-corrected chi connectivity index (χ1v) is 5.81. The number of nitrogens with one attached hydrogen (secondary N) is 2. The zero-order chi connectivity index (χ0) is 13.3. The number of nitrogens with two attached hydrogens (primary N) is 1. The van der Waals surface area contributed by atoms with Crippen LogP contribution in [-0.4, -0.2) is 23.5 Å². The van der Waals surface area contributed by atoms with Crippen LogP contribution in [0, 0.1) is 12.7 Å². The van der Waals surface area contributed by atoms with Crippen LogP contribution in [0.4, 0.5) is 4.39 Å². The molecule has 2 aromatic rings. The molecule has 4 nitrogen and oxygen atoms in total. The minimum absolute atomic E-state index is 0.115. The van der Waals surface area contributed by atoms with Gasteiger partial charge in [0.25, 0.3) is 5.91 Å². The van der Waals surface area contributed by atoms with E-state index in [0.717, 1.165) is 11.2 Å². The number of aryl methyl sites for hydroxylation is 1. The maximum Gasteiger partial charge on any atom is 0.253 e. The van der Waals surface area contributed by atoms with Crippen LogP contribution < -0.4 is 11.1 Å². The Balaban J connectivity index is 2.46. The summed E-state index contributed by atoms with van der Waals surface area (Å²) in [5.74, 6) is -0.593. The summed E-state index contributed by atoms with van der Waals surface area (Å²) >= 11 is 0. The van der Waals surface area contributed by atoms with E-state index < -0.39 is 0 Å². The molecule has 0 fully saturated rings. The van der Waals surface area contributed by atoms with Gasteiger partial charge in [-0.3, -0.25) is 4.79 Å². The van der Waals surface area contributed by atoms with Gasteiger partial charge in [0, 0.05) is 29.2 Å². The molecule has 5 heteroatoms. The lowest BCUT2D eigenvalue weighted by atomic mass is 10.1. The summed E-state index contributed by atoms with van der Waals surface area (Å²) in [6.45, 7) is 3.98. The lowest BCUT2D eigenvalue weighted by Gasteiger charge is -2.11. The molecule has 0 saturated carbocycles. The van der Waals surface area contributed by atoms with E-state index in [0.29, 0.717) is 17.5 Å². The SMILES string of the molecule is Cc1[nH]c2ccc(F)cc2c1C(=O)NC(C)CN. The van der Waals surface area contributed by atoms with Crippen molar-refractivity contribution in [2.45, 2.75) is 19.9 Å². The number of carbonyl (C=O) groups is 1. The lowest BCUT2D eigenvalue weighted by Crippen LogP contribution is -2.37. The Labute approximate surface area is 104 Å². The van der Waals surface area contributed by atoms with Gasteiger partial charge in [-0.2, -0.15) is 0 Å². The maximum absolute atomic E-state index is 13.3. The van der Waals surface area contributed by atoms with Gasteiger partial charge in [0.2, 0.25) is 0 Å². The summed E-state index contributed by atoms with van der Waals surface area (Å²) in [7, 11) is 0. The molecule has 0 aliphatic rings. The van der Waals surface area contributed by atoms with Gasteiger partial charge in [0.15, 0.2) is 0 Å². The van der Waals surface area contributed by atoms with E-state index in [1.54, 1.807) is 13.0 Å². The van der Waals surface area contributed by atoms with Crippen molar-refractivity contribution in [2.75, 3.05) is 6.54 Å².